The first-order valence-electron chi connectivity index (χ1n) is 7.94. The number of amides is 1. The normalized spacial score (nSPS) is 29.5. The number of nitrogens with zero attached hydrogens (tertiary/aromatic N) is 2. The fraction of sp³-hybridized carbons (Fsp3) is 0.933. The molecule has 0 bridgehead atoms. The SMILES string of the molecule is CCCN1CCN(C(=O)C2(CC)CCCNC2)CC1. The van der Waals surface area contributed by atoms with Crippen molar-refractivity contribution in [1.29, 1.82) is 0 Å². The molecule has 0 aromatic rings. The van der Waals surface area contributed by atoms with Gasteiger partial charge in [-0.1, -0.05) is 13.8 Å². The van der Waals surface area contributed by atoms with Crippen LogP contribution in [-0.4, -0.2) is 61.5 Å². The Hall–Kier alpha value is -0.610. The van der Waals surface area contributed by atoms with Gasteiger partial charge in [0, 0.05) is 32.7 Å². The lowest BCUT2D eigenvalue weighted by atomic mass is 9.77. The fourth-order valence-electron chi connectivity index (χ4n) is 3.43. The van der Waals surface area contributed by atoms with Crippen molar-refractivity contribution in [2.45, 2.75) is 39.5 Å². The van der Waals surface area contributed by atoms with Gasteiger partial charge in [-0.3, -0.25) is 9.69 Å². The molecule has 1 unspecified atom stereocenters. The van der Waals surface area contributed by atoms with Gasteiger partial charge in [-0.05, 0) is 38.8 Å². The molecule has 0 aromatic carbocycles. The van der Waals surface area contributed by atoms with Gasteiger partial charge in [0.2, 0.25) is 5.91 Å². The van der Waals surface area contributed by atoms with Crippen LogP contribution < -0.4 is 5.32 Å². The molecule has 2 aliphatic heterocycles. The molecule has 1 amide bonds. The van der Waals surface area contributed by atoms with Crippen molar-refractivity contribution < 1.29 is 4.79 Å². The first-order chi connectivity index (χ1) is 9.22. The summed E-state index contributed by atoms with van der Waals surface area (Å²) >= 11 is 0. The van der Waals surface area contributed by atoms with Gasteiger partial charge in [0.25, 0.3) is 0 Å². The summed E-state index contributed by atoms with van der Waals surface area (Å²) in [5, 5.41) is 3.42. The number of hydrogen-bond donors (Lipinski definition) is 1. The van der Waals surface area contributed by atoms with E-state index in [1.54, 1.807) is 0 Å². The zero-order chi connectivity index (χ0) is 13.7. The topological polar surface area (TPSA) is 35.6 Å². The largest absolute Gasteiger partial charge is 0.340 e. The average Bonchev–Trinajstić information content (AvgIpc) is 2.48. The van der Waals surface area contributed by atoms with Crippen LogP contribution in [0, 0.1) is 5.41 Å². The first kappa shape index (κ1) is 14.8. The quantitative estimate of drug-likeness (QED) is 0.834. The standard InChI is InChI=1S/C15H29N3O/c1-3-8-17-9-11-18(12-10-17)14(19)15(4-2)6-5-7-16-13-15/h16H,3-13H2,1-2H3. The van der Waals surface area contributed by atoms with Crippen molar-refractivity contribution >= 4 is 5.91 Å². The second-order valence-corrected chi connectivity index (χ2v) is 6.05. The van der Waals surface area contributed by atoms with Crippen molar-refractivity contribution in [3.8, 4) is 0 Å². The van der Waals surface area contributed by atoms with Crippen molar-refractivity contribution in [2.24, 2.45) is 5.41 Å². The smallest absolute Gasteiger partial charge is 0.230 e. The summed E-state index contributed by atoms with van der Waals surface area (Å²) in [7, 11) is 0. The molecular weight excluding hydrogens is 238 g/mol. The van der Waals surface area contributed by atoms with E-state index in [0.717, 1.165) is 58.5 Å². The maximum atomic E-state index is 12.8. The van der Waals surface area contributed by atoms with E-state index >= 15 is 0 Å². The Morgan fingerprint density at radius 3 is 2.47 bits per heavy atom. The lowest BCUT2D eigenvalue weighted by Gasteiger charge is -2.42. The molecule has 0 aromatic heterocycles. The number of rotatable bonds is 4. The highest BCUT2D eigenvalue weighted by atomic mass is 16.2. The van der Waals surface area contributed by atoms with Crippen LogP contribution in [0.1, 0.15) is 39.5 Å². The second-order valence-electron chi connectivity index (χ2n) is 6.05. The van der Waals surface area contributed by atoms with Crippen LogP contribution in [0.4, 0.5) is 0 Å². The minimum absolute atomic E-state index is 0.120. The molecule has 0 saturated carbocycles. The van der Waals surface area contributed by atoms with Crippen LogP contribution in [0.2, 0.25) is 0 Å². The molecule has 2 aliphatic rings. The molecule has 2 saturated heterocycles. The maximum Gasteiger partial charge on any atom is 0.230 e. The third-order valence-electron chi connectivity index (χ3n) is 4.80. The monoisotopic (exact) mass is 267 g/mol. The molecular formula is C15H29N3O. The van der Waals surface area contributed by atoms with Gasteiger partial charge >= 0.3 is 0 Å². The molecule has 1 N–H and O–H groups in total. The van der Waals surface area contributed by atoms with E-state index in [4.69, 9.17) is 0 Å². The molecule has 4 nitrogen and oxygen atoms in total. The summed E-state index contributed by atoms with van der Waals surface area (Å²) in [4.78, 5) is 17.4. The highest BCUT2D eigenvalue weighted by Crippen LogP contribution is 2.32. The van der Waals surface area contributed by atoms with Crippen molar-refractivity contribution in [3.63, 3.8) is 0 Å². The Labute approximate surface area is 117 Å². The van der Waals surface area contributed by atoms with Gasteiger partial charge in [0.05, 0.1) is 5.41 Å². The third-order valence-corrected chi connectivity index (χ3v) is 4.80. The average molecular weight is 267 g/mol. The Bertz CT molecular complexity index is 292. The van der Waals surface area contributed by atoms with Crippen LogP contribution in [0.25, 0.3) is 0 Å². The molecule has 0 aliphatic carbocycles. The summed E-state index contributed by atoms with van der Waals surface area (Å²) < 4.78 is 0. The summed E-state index contributed by atoms with van der Waals surface area (Å²) in [6.45, 7) is 11.4. The molecule has 2 heterocycles. The van der Waals surface area contributed by atoms with E-state index < -0.39 is 0 Å². The summed E-state index contributed by atoms with van der Waals surface area (Å²) in [6, 6.07) is 0. The molecule has 4 heteroatoms. The summed E-state index contributed by atoms with van der Waals surface area (Å²) in [6.07, 6.45) is 4.37. The zero-order valence-electron chi connectivity index (χ0n) is 12.6. The lowest BCUT2D eigenvalue weighted by Crippen LogP contribution is -2.56. The van der Waals surface area contributed by atoms with Crippen LogP contribution in [0.3, 0.4) is 0 Å². The zero-order valence-corrected chi connectivity index (χ0v) is 12.6. The van der Waals surface area contributed by atoms with Crippen molar-refractivity contribution in [1.82, 2.24) is 15.1 Å². The Morgan fingerprint density at radius 1 is 1.21 bits per heavy atom. The van der Waals surface area contributed by atoms with E-state index in [-0.39, 0.29) is 5.41 Å². The molecule has 2 rings (SSSR count). The predicted molar refractivity (Wildman–Crippen MR) is 78.1 cm³/mol. The highest BCUT2D eigenvalue weighted by Gasteiger charge is 2.41. The van der Waals surface area contributed by atoms with Gasteiger partial charge in [0.1, 0.15) is 0 Å². The third kappa shape index (κ3) is 3.29. The second kappa shape index (κ2) is 6.71. The Morgan fingerprint density at radius 2 is 1.95 bits per heavy atom. The van der Waals surface area contributed by atoms with Gasteiger partial charge in [-0.25, -0.2) is 0 Å². The van der Waals surface area contributed by atoms with E-state index in [9.17, 15) is 4.79 Å². The number of piperidine rings is 1. The minimum Gasteiger partial charge on any atom is -0.340 e. The molecule has 2 fully saturated rings. The van der Waals surface area contributed by atoms with Gasteiger partial charge in [-0.15, -0.1) is 0 Å². The Balaban J connectivity index is 1.92. The van der Waals surface area contributed by atoms with E-state index in [2.05, 4.69) is 29.0 Å². The van der Waals surface area contributed by atoms with Gasteiger partial charge < -0.3 is 10.2 Å². The maximum absolute atomic E-state index is 12.8. The van der Waals surface area contributed by atoms with Gasteiger partial charge in [0.15, 0.2) is 0 Å². The van der Waals surface area contributed by atoms with E-state index in [1.807, 2.05) is 0 Å². The van der Waals surface area contributed by atoms with E-state index in [0.29, 0.717) is 5.91 Å². The Kier molecular flexibility index (Phi) is 5.22. The van der Waals surface area contributed by atoms with Gasteiger partial charge in [-0.2, -0.15) is 0 Å². The number of nitrogens with one attached hydrogen (secondary N) is 1. The van der Waals surface area contributed by atoms with Crippen molar-refractivity contribution in [3.05, 3.63) is 0 Å². The van der Waals surface area contributed by atoms with Crippen LogP contribution in [-0.2, 0) is 4.79 Å². The molecule has 110 valence electrons. The number of hydrogen-bond acceptors (Lipinski definition) is 3. The number of carbonyl (C=O) groups excluding carboxylic acids is 1. The van der Waals surface area contributed by atoms with Crippen LogP contribution in [0.5, 0.6) is 0 Å². The molecule has 0 radical (unpaired) electrons. The van der Waals surface area contributed by atoms with Crippen LogP contribution >= 0.6 is 0 Å². The minimum atomic E-state index is -0.120. The molecule has 19 heavy (non-hydrogen) atoms. The number of piperazine rings is 1. The molecule has 1 atom stereocenters. The molecule has 0 spiro atoms. The van der Waals surface area contributed by atoms with Crippen molar-refractivity contribution in [2.75, 3.05) is 45.8 Å². The summed E-state index contributed by atoms with van der Waals surface area (Å²) in [5.74, 6) is 0.401. The van der Waals surface area contributed by atoms with E-state index in [1.165, 1.54) is 13.0 Å². The van der Waals surface area contributed by atoms with Crippen LogP contribution in [0.15, 0.2) is 0 Å². The first-order valence-corrected chi connectivity index (χ1v) is 7.94. The predicted octanol–water partition coefficient (Wildman–Crippen LogP) is 1.32. The fourth-order valence-corrected chi connectivity index (χ4v) is 3.43. The lowest BCUT2D eigenvalue weighted by molar-refractivity contribution is -0.145. The summed E-state index contributed by atoms with van der Waals surface area (Å²) in [5.41, 5.74) is -0.120. The number of carbonyl (C=O) groups is 1. The highest BCUT2D eigenvalue weighted by molar-refractivity contribution is 5.83.